The van der Waals surface area contributed by atoms with Gasteiger partial charge in [0.05, 0.1) is 5.69 Å². The molecule has 21 heavy (non-hydrogen) atoms. The Labute approximate surface area is 122 Å². The number of hydrogen-bond donors (Lipinski definition) is 2. The lowest BCUT2D eigenvalue weighted by atomic mass is 10.0. The number of benzene rings is 1. The zero-order valence-corrected chi connectivity index (χ0v) is 11.9. The van der Waals surface area contributed by atoms with Crippen LogP contribution in [-0.4, -0.2) is 42.9 Å². The molecule has 2 saturated heterocycles. The van der Waals surface area contributed by atoms with Crippen molar-refractivity contribution in [2.75, 3.05) is 31.5 Å². The van der Waals surface area contributed by atoms with Gasteiger partial charge in [-0.15, -0.1) is 0 Å². The number of hydrogen-bond acceptors (Lipinski definition) is 3. The highest BCUT2D eigenvalue weighted by Gasteiger charge is 2.38. The first-order chi connectivity index (χ1) is 10.0. The number of halogens is 1. The van der Waals surface area contributed by atoms with E-state index in [0.717, 1.165) is 26.2 Å². The Balaban J connectivity index is 1.77. The first kappa shape index (κ1) is 14.0. The van der Waals surface area contributed by atoms with Crippen LogP contribution in [0.3, 0.4) is 0 Å². The van der Waals surface area contributed by atoms with Crippen molar-refractivity contribution in [1.82, 2.24) is 10.2 Å². The number of carbonyl (C=O) groups is 2. The minimum atomic E-state index is -0.538. The summed E-state index contributed by atoms with van der Waals surface area (Å²) in [6.45, 7) is 4.69. The van der Waals surface area contributed by atoms with E-state index in [4.69, 9.17) is 0 Å². The number of likely N-dealkylation sites (tertiary alicyclic amines) is 1. The van der Waals surface area contributed by atoms with E-state index in [0.29, 0.717) is 17.4 Å². The Morgan fingerprint density at radius 2 is 1.95 bits per heavy atom. The molecule has 1 aromatic carbocycles. The smallest absolute Gasteiger partial charge is 0.253 e. The highest BCUT2D eigenvalue weighted by atomic mass is 19.1. The Morgan fingerprint density at radius 3 is 2.57 bits per heavy atom. The highest BCUT2D eigenvalue weighted by molar-refractivity contribution is 5.97. The fraction of sp³-hybridized carbons (Fsp3) is 0.467. The summed E-state index contributed by atoms with van der Waals surface area (Å²) >= 11 is 0. The van der Waals surface area contributed by atoms with Crippen molar-refractivity contribution < 1.29 is 14.0 Å². The van der Waals surface area contributed by atoms with Crippen LogP contribution in [-0.2, 0) is 4.79 Å². The maximum absolute atomic E-state index is 13.6. The Kier molecular flexibility index (Phi) is 3.63. The van der Waals surface area contributed by atoms with Gasteiger partial charge in [0, 0.05) is 38.7 Å². The molecule has 3 rings (SSSR count). The molecular weight excluding hydrogens is 273 g/mol. The monoisotopic (exact) mass is 291 g/mol. The van der Waals surface area contributed by atoms with E-state index in [-0.39, 0.29) is 17.5 Å². The highest BCUT2D eigenvalue weighted by Crippen LogP contribution is 2.28. The Hall–Kier alpha value is -1.95. The van der Waals surface area contributed by atoms with Gasteiger partial charge < -0.3 is 15.5 Å². The largest absolute Gasteiger partial charge is 0.338 e. The molecule has 2 aliphatic rings. The summed E-state index contributed by atoms with van der Waals surface area (Å²) in [5, 5.41) is 5.73. The van der Waals surface area contributed by atoms with E-state index in [1.54, 1.807) is 0 Å². The third-order valence-electron chi connectivity index (χ3n) is 4.20. The molecule has 5 nitrogen and oxygen atoms in total. The molecule has 2 fully saturated rings. The maximum Gasteiger partial charge on any atom is 0.253 e. The van der Waals surface area contributed by atoms with Crippen molar-refractivity contribution in [1.29, 1.82) is 0 Å². The first-order valence-electron chi connectivity index (χ1n) is 7.11. The van der Waals surface area contributed by atoms with Crippen LogP contribution in [0, 0.1) is 17.7 Å². The van der Waals surface area contributed by atoms with Gasteiger partial charge in [0.15, 0.2) is 0 Å². The predicted octanol–water partition coefficient (Wildman–Crippen LogP) is 1.08. The van der Waals surface area contributed by atoms with E-state index < -0.39 is 5.82 Å². The lowest BCUT2D eigenvalue weighted by molar-refractivity contribution is -0.114. The normalized spacial score (nSPS) is 24.0. The number of nitrogens with zero attached hydrogens (tertiary/aromatic N) is 1. The fourth-order valence-electron chi connectivity index (χ4n) is 3.15. The molecule has 6 heteroatoms. The van der Waals surface area contributed by atoms with Crippen LogP contribution in [0.15, 0.2) is 18.2 Å². The zero-order valence-electron chi connectivity index (χ0n) is 11.9. The van der Waals surface area contributed by atoms with Gasteiger partial charge in [0.2, 0.25) is 5.91 Å². The van der Waals surface area contributed by atoms with Crippen molar-refractivity contribution in [3.63, 3.8) is 0 Å². The quantitative estimate of drug-likeness (QED) is 0.857. The lowest BCUT2D eigenvalue weighted by Gasteiger charge is -2.18. The van der Waals surface area contributed by atoms with Crippen LogP contribution < -0.4 is 10.6 Å². The van der Waals surface area contributed by atoms with E-state index in [2.05, 4.69) is 10.6 Å². The third-order valence-corrected chi connectivity index (χ3v) is 4.20. The lowest BCUT2D eigenvalue weighted by Crippen LogP contribution is -2.31. The molecule has 1 aromatic rings. The van der Waals surface area contributed by atoms with Crippen molar-refractivity contribution >= 4 is 17.5 Å². The van der Waals surface area contributed by atoms with E-state index in [1.165, 1.54) is 25.1 Å². The molecule has 2 heterocycles. The zero-order chi connectivity index (χ0) is 15.0. The number of rotatable bonds is 2. The second kappa shape index (κ2) is 5.44. The molecule has 0 radical (unpaired) electrons. The standard InChI is InChI=1S/C15H18FN3O2/c1-9(20)18-14-4-10(2-3-13(14)16)15(21)19-7-11-5-17-6-12(11)8-19/h2-4,11-12,17H,5-8H2,1H3,(H,18,20)/t11-,12+. The van der Waals surface area contributed by atoms with Crippen LogP contribution in [0.2, 0.25) is 0 Å². The van der Waals surface area contributed by atoms with Crippen LogP contribution in [0.4, 0.5) is 10.1 Å². The maximum atomic E-state index is 13.6. The second-order valence-electron chi connectivity index (χ2n) is 5.76. The van der Waals surface area contributed by atoms with Gasteiger partial charge in [-0.25, -0.2) is 4.39 Å². The number of anilines is 1. The molecule has 0 bridgehead atoms. The van der Waals surface area contributed by atoms with E-state index >= 15 is 0 Å². The SMILES string of the molecule is CC(=O)Nc1cc(C(=O)N2C[C@H]3CNC[C@H]3C2)ccc1F. The average molecular weight is 291 g/mol. The van der Waals surface area contributed by atoms with Crippen LogP contribution in [0.25, 0.3) is 0 Å². The van der Waals surface area contributed by atoms with Gasteiger partial charge in [0.25, 0.3) is 5.91 Å². The Morgan fingerprint density at radius 1 is 1.29 bits per heavy atom. The molecule has 0 aliphatic carbocycles. The summed E-state index contributed by atoms with van der Waals surface area (Å²) in [7, 11) is 0. The van der Waals surface area contributed by atoms with Crippen molar-refractivity contribution in [2.45, 2.75) is 6.92 Å². The molecule has 0 saturated carbocycles. The third kappa shape index (κ3) is 2.76. The predicted molar refractivity (Wildman–Crippen MR) is 76.5 cm³/mol. The van der Waals surface area contributed by atoms with Crippen LogP contribution in [0.5, 0.6) is 0 Å². The molecule has 0 spiro atoms. The topological polar surface area (TPSA) is 61.4 Å². The minimum Gasteiger partial charge on any atom is -0.338 e. The van der Waals surface area contributed by atoms with Gasteiger partial charge in [0.1, 0.15) is 5.82 Å². The van der Waals surface area contributed by atoms with Crippen LogP contribution in [0.1, 0.15) is 17.3 Å². The summed E-state index contributed by atoms with van der Waals surface area (Å²) in [6.07, 6.45) is 0. The average Bonchev–Trinajstić information content (AvgIpc) is 3.00. The number of nitrogens with one attached hydrogen (secondary N) is 2. The summed E-state index contributed by atoms with van der Waals surface area (Å²) in [5.74, 6) is 0.0361. The second-order valence-corrected chi connectivity index (χ2v) is 5.76. The summed E-state index contributed by atoms with van der Waals surface area (Å²) in [4.78, 5) is 25.4. The van der Waals surface area contributed by atoms with Crippen molar-refractivity contribution in [3.05, 3.63) is 29.6 Å². The van der Waals surface area contributed by atoms with Crippen molar-refractivity contribution in [3.8, 4) is 0 Å². The van der Waals surface area contributed by atoms with Gasteiger partial charge in [-0.1, -0.05) is 0 Å². The summed E-state index contributed by atoms with van der Waals surface area (Å²) in [5.41, 5.74) is 0.461. The van der Waals surface area contributed by atoms with Gasteiger partial charge in [-0.05, 0) is 30.0 Å². The number of amides is 2. The molecule has 2 N–H and O–H groups in total. The number of fused-ring (bicyclic) bond motifs is 1. The minimum absolute atomic E-state index is 0.0504. The Bertz CT molecular complexity index is 578. The number of carbonyl (C=O) groups excluding carboxylic acids is 2. The molecule has 0 aromatic heterocycles. The first-order valence-corrected chi connectivity index (χ1v) is 7.11. The fourth-order valence-corrected chi connectivity index (χ4v) is 3.15. The molecule has 0 unspecified atom stereocenters. The molecule has 2 amide bonds. The van der Waals surface area contributed by atoms with Crippen molar-refractivity contribution in [2.24, 2.45) is 11.8 Å². The summed E-state index contributed by atoms with van der Waals surface area (Å²) < 4.78 is 13.6. The van der Waals surface area contributed by atoms with Gasteiger partial charge >= 0.3 is 0 Å². The molecule has 2 aliphatic heterocycles. The molecule has 112 valence electrons. The van der Waals surface area contributed by atoms with Crippen LogP contribution >= 0.6 is 0 Å². The summed E-state index contributed by atoms with van der Waals surface area (Å²) in [6, 6.07) is 4.09. The van der Waals surface area contributed by atoms with E-state index in [9.17, 15) is 14.0 Å². The van der Waals surface area contributed by atoms with Gasteiger partial charge in [-0.2, -0.15) is 0 Å². The molecular formula is C15H18FN3O2. The van der Waals surface area contributed by atoms with E-state index in [1.807, 2.05) is 4.90 Å². The molecule has 2 atom stereocenters. The van der Waals surface area contributed by atoms with Gasteiger partial charge in [-0.3, -0.25) is 9.59 Å².